The summed E-state index contributed by atoms with van der Waals surface area (Å²) in [6.45, 7) is 5.51. The molecule has 0 bridgehead atoms. The molecule has 0 heterocycles. The molecule has 0 amide bonds. The van der Waals surface area contributed by atoms with Crippen molar-refractivity contribution in [2.24, 2.45) is 0 Å². The monoisotopic (exact) mass is 408 g/mol. The Hall–Kier alpha value is -2.34. The molecule has 7 nitrogen and oxygen atoms in total. The largest absolute Gasteiger partial charge is 0.508 e. The lowest BCUT2D eigenvalue weighted by Crippen LogP contribution is -2.11. The summed E-state index contributed by atoms with van der Waals surface area (Å²) in [5.41, 5.74) is 4.04. The van der Waals surface area contributed by atoms with Gasteiger partial charge in [-0.2, -0.15) is 0 Å². The molecule has 2 aromatic carbocycles. The van der Waals surface area contributed by atoms with E-state index in [-0.39, 0.29) is 5.75 Å². The van der Waals surface area contributed by atoms with E-state index in [1.165, 1.54) is 6.07 Å². The molecule has 2 rings (SSSR count). The van der Waals surface area contributed by atoms with Gasteiger partial charge in [-0.05, 0) is 67.1 Å². The van der Waals surface area contributed by atoms with E-state index in [0.29, 0.717) is 24.2 Å². The fourth-order valence-electron chi connectivity index (χ4n) is 3.20. The predicted octanol–water partition coefficient (Wildman–Crippen LogP) is 3.69. The molecule has 1 atom stereocenters. The summed E-state index contributed by atoms with van der Waals surface area (Å²) in [4.78, 5) is 29.3. The van der Waals surface area contributed by atoms with Crippen LogP contribution < -0.4 is 4.74 Å². The highest BCUT2D eigenvalue weighted by Gasteiger charge is 2.21. The number of carboxylic acids is 1. The number of aryl methyl sites for hydroxylation is 2. The number of phenolic OH excluding ortho intramolecular Hbond substituents is 1. The first kappa shape index (κ1) is 22.0. The Kier molecular flexibility index (Phi) is 6.88. The van der Waals surface area contributed by atoms with Crippen LogP contribution in [-0.2, 0) is 15.8 Å². The van der Waals surface area contributed by atoms with Crippen molar-refractivity contribution in [3.05, 3.63) is 58.1 Å². The second-order valence-electron chi connectivity index (χ2n) is 6.84. The van der Waals surface area contributed by atoms with Crippen molar-refractivity contribution in [1.29, 1.82) is 0 Å². The molecule has 152 valence electrons. The molecule has 0 fully saturated rings. The number of carboxylic acid groups (broad SMARTS) is 1. The van der Waals surface area contributed by atoms with E-state index in [2.05, 4.69) is 0 Å². The Morgan fingerprint density at radius 2 is 1.75 bits per heavy atom. The number of carbonyl (C=O) groups is 1. The van der Waals surface area contributed by atoms with Crippen LogP contribution in [0.5, 0.6) is 11.5 Å². The number of ether oxygens (including phenoxy) is 1. The number of rotatable bonds is 8. The summed E-state index contributed by atoms with van der Waals surface area (Å²) in [7, 11) is -4.25. The van der Waals surface area contributed by atoms with Crippen molar-refractivity contribution in [3.8, 4) is 11.5 Å². The minimum atomic E-state index is -4.25. The quantitative estimate of drug-likeness (QED) is 0.491. The van der Waals surface area contributed by atoms with Gasteiger partial charge in [0.05, 0.1) is 5.92 Å². The zero-order chi connectivity index (χ0) is 21.1. The van der Waals surface area contributed by atoms with Crippen molar-refractivity contribution in [2.75, 3.05) is 6.35 Å². The second kappa shape index (κ2) is 8.78. The lowest BCUT2D eigenvalue weighted by molar-refractivity contribution is -0.138. The van der Waals surface area contributed by atoms with Crippen molar-refractivity contribution < 1.29 is 34.1 Å². The summed E-state index contributed by atoms with van der Waals surface area (Å²) in [5, 5.41) is 19.5. The van der Waals surface area contributed by atoms with Crippen LogP contribution in [0, 0.1) is 13.8 Å². The predicted molar refractivity (Wildman–Crippen MR) is 105 cm³/mol. The van der Waals surface area contributed by atoms with Crippen LogP contribution in [0.3, 0.4) is 0 Å². The Labute approximate surface area is 163 Å². The third-order valence-electron chi connectivity index (χ3n) is 4.62. The number of benzene rings is 2. The fourth-order valence-corrected chi connectivity index (χ4v) is 3.52. The molecule has 0 aliphatic carbocycles. The molecule has 0 aliphatic heterocycles. The van der Waals surface area contributed by atoms with Gasteiger partial charge in [-0.25, -0.2) is 0 Å². The van der Waals surface area contributed by atoms with E-state index >= 15 is 0 Å². The van der Waals surface area contributed by atoms with Crippen LogP contribution in [0.15, 0.2) is 30.3 Å². The van der Waals surface area contributed by atoms with Crippen molar-refractivity contribution >= 4 is 13.6 Å². The maximum absolute atomic E-state index is 11.5. The van der Waals surface area contributed by atoms with E-state index < -0.39 is 25.8 Å². The Bertz CT molecular complexity index is 894. The van der Waals surface area contributed by atoms with Crippen molar-refractivity contribution in [2.45, 2.75) is 39.5 Å². The molecular weight excluding hydrogens is 383 g/mol. The van der Waals surface area contributed by atoms with Gasteiger partial charge in [-0.15, -0.1) is 0 Å². The molecule has 0 saturated heterocycles. The zero-order valence-corrected chi connectivity index (χ0v) is 16.9. The van der Waals surface area contributed by atoms with Crippen molar-refractivity contribution in [3.63, 3.8) is 0 Å². The molecule has 0 aliphatic rings. The highest BCUT2D eigenvalue weighted by molar-refractivity contribution is 7.51. The van der Waals surface area contributed by atoms with Crippen LogP contribution in [0.4, 0.5) is 0 Å². The molecule has 8 heteroatoms. The number of hydrogen-bond donors (Lipinski definition) is 4. The van der Waals surface area contributed by atoms with Gasteiger partial charge in [0.15, 0.2) is 6.35 Å². The Morgan fingerprint density at radius 1 is 1.14 bits per heavy atom. The van der Waals surface area contributed by atoms with Gasteiger partial charge in [0.1, 0.15) is 11.5 Å². The summed E-state index contributed by atoms with van der Waals surface area (Å²) >= 11 is 0. The SMILES string of the molecule is CCC(C(=O)O)c1cc(Cc2c(C)cc(OCP(=O)(O)O)cc2C)ccc1O. The lowest BCUT2D eigenvalue weighted by atomic mass is 9.90. The smallest absolute Gasteiger partial charge is 0.362 e. The highest BCUT2D eigenvalue weighted by Crippen LogP contribution is 2.36. The maximum Gasteiger partial charge on any atom is 0.362 e. The van der Waals surface area contributed by atoms with Gasteiger partial charge in [-0.1, -0.05) is 19.1 Å². The summed E-state index contributed by atoms with van der Waals surface area (Å²) in [6, 6.07) is 8.41. The topological polar surface area (TPSA) is 124 Å². The maximum atomic E-state index is 11.5. The van der Waals surface area contributed by atoms with E-state index in [1.807, 2.05) is 13.8 Å². The molecule has 0 aromatic heterocycles. The molecular formula is C20H25O7P. The molecule has 0 spiro atoms. The van der Waals surface area contributed by atoms with Gasteiger partial charge in [0, 0.05) is 5.56 Å². The third-order valence-corrected chi connectivity index (χ3v) is 5.09. The molecule has 2 aromatic rings. The molecule has 0 saturated carbocycles. The summed E-state index contributed by atoms with van der Waals surface area (Å²) < 4.78 is 16.2. The van der Waals surface area contributed by atoms with Gasteiger partial charge in [-0.3, -0.25) is 9.36 Å². The van der Waals surface area contributed by atoms with Gasteiger partial charge >= 0.3 is 13.6 Å². The van der Waals surface area contributed by atoms with Gasteiger partial charge in [0.2, 0.25) is 0 Å². The lowest BCUT2D eigenvalue weighted by Gasteiger charge is -2.16. The summed E-state index contributed by atoms with van der Waals surface area (Å²) in [6.07, 6.45) is 0.218. The molecule has 28 heavy (non-hydrogen) atoms. The first-order valence-electron chi connectivity index (χ1n) is 8.84. The Morgan fingerprint density at radius 3 is 2.25 bits per heavy atom. The van der Waals surface area contributed by atoms with E-state index in [0.717, 1.165) is 22.3 Å². The number of hydrogen-bond acceptors (Lipinski definition) is 4. The minimum absolute atomic E-state index is 0.0346. The van der Waals surface area contributed by atoms with Crippen LogP contribution in [-0.4, -0.2) is 32.3 Å². The molecule has 4 N–H and O–H groups in total. The highest BCUT2D eigenvalue weighted by atomic mass is 31.2. The van der Waals surface area contributed by atoms with E-state index in [9.17, 15) is 19.6 Å². The fraction of sp³-hybridized carbons (Fsp3) is 0.350. The average molecular weight is 408 g/mol. The number of aliphatic carboxylic acids is 1. The average Bonchev–Trinajstić information content (AvgIpc) is 2.58. The molecule has 1 unspecified atom stereocenters. The van der Waals surface area contributed by atoms with Gasteiger partial charge < -0.3 is 24.7 Å². The number of phenols is 1. The normalized spacial score (nSPS) is 12.6. The van der Waals surface area contributed by atoms with Crippen LogP contribution in [0.1, 0.15) is 47.1 Å². The number of aromatic hydroxyl groups is 1. The first-order chi connectivity index (χ1) is 13.0. The first-order valence-corrected chi connectivity index (χ1v) is 10.6. The minimum Gasteiger partial charge on any atom is -0.508 e. The van der Waals surface area contributed by atoms with Crippen LogP contribution >= 0.6 is 7.60 Å². The summed E-state index contributed by atoms with van der Waals surface area (Å²) in [5.74, 6) is -1.41. The standard InChI is InChI=1S/C20H25O7P/c1-4-16(20(22)23)18-10-14(5-6-19(18)21)9-17-12(2)7-15(8-13(17)3)27-11-28(24,25)26/h5-8,10,16,21H,4,9,11H2,1-3H3,(H,22,23)(H2,24,25,26). The van der Waals surface area contributed by atoms with Crippen LogP contribution in [0.25, 0.3) is 0 Å². The van der Waals surface area contributed by atoms with Crippen molar-refractivity contribution in [1.82, 2.24) is 0 Å². The van der Waals surface area contributed by atoms with E-state index in [4.69, 9.17) is 14.5 Å². The molecule has 0 radical (unpaired) electrons. The second-order valence-corrected chi connectivity index (χ2v) is 8.43. The third kappa shape index (κ3) is 5.58. The van der Waals surface area contributed by atoms with Crippen LogP contribution in [0.2, 0.25) is 0 Å². The van der Waals surface area contributed by atoms with E-state index in [1.54, 1.807) is 31.2 Å². The van der Waals surface area contributed by atoms with Gasteiger partial charge in [0.25, 0.3) is 0 Å². The Balaban J connectivity index is 2.31. The zero-order valence-electron chi connectivity index (χ0n) is 16.0.